The van der Waals surface area contributed by atoms with E-state index >= 15 is 0 Å². The van der Waals surface area contributed by atoms with Crippen LogP contribution in [0, 0.1) is 6.92 Å². The van der Waals surface area contributed by atoms with Gasteiger partial charge in [0.05, 0.1) is 5.56 Å². The molecule has 0 bridgehead atoms. The fourth-order valence-corrected chi connectivity index (χ4v) is 1.84. The maximum absolute atomic E-state index is 11.9. The molecule has 0 spiro atoms. The van der Waals surface area contributed by atoms with E-state index in [4.69, 9.17) is 0 Å². The lowest BCUT2D eigenvalue weighted by Crippen LogP contribution is -2.30. The van der Waals surface area contributed by atoms with E-state index in [9.17, 15) is 9.59 Å². The summed E-state index contributed by atoms with van der Waals surface area (Å²) in [6, 6.07) is 5.58. The van der Waals surface area contributed by atoms with Crippen molar-refractivity contribution in [3.05, 3.63) is 33.8 Å². The molecule has 0 saturated heterocycles. The molecule has 0 atom stereocenters. The van der Waals surface area contributed by atoms with Gasteiger partial charge in [0.2, 0.25) is 5.91 Å². The van der Waals surface area contributed by atoms with Gasteiger partial charge >= 0.3 is 0 Å². The normalized spacial score (nSPS) is 10.0. The Labute approximate surface area is 115 Å². The van der Waals surface area contributed by atoms with Crippen LogP contribution in [0.4, 0.5) is 0 Å². The first kappa shape index (κ1) is 14.7. The number of halogens is 1. The average molecular weight is 313 g/mol. The molecule has 0 aliphatic heterocycles. The van der Waals surface area contributed by atoms with E-state index in [1.807, 2.05) is 25.1 Å². The summed E-state index contributed by atoms with van der Waals surface area (Å²) in [6.07, 6.45) is 0.308. The average Bonchev–Trinajstić information content (AvgIpc) is 2.31. The second-order valence-corrected chi connectivity index (χ2v) is 5.13. The maximum Gasteiger partial charge on any atom is 0.252 e. The highest BCUT2D eigenvalue weighted by atomic mass is 79.9. The minimum absolute atomic E-state index is 0.00129. The first-order chi connectivity index (χ1) is 8.41. The number of carbonyl (C=O) groups is 2. The summed E-state index contributed by atoms with van der Waals surface area (Å²) in [4.78, 5) is 24.8. The lowest BCUT2D eigenvalue weighted by atomic mass is 10.1. The SMILES string of the molecule is Cc1ccc(Br)c(C(=O)NCCC(=O)N(C)C)c1. The number of aryl methyl sites for hydroxylation is 1. The quantitative estimate of drug-likeness (QED) is 0.924. The fourth-order valence-electron chi connectivity index (χ4n) is 1.41. The number of rotatable bonds is 4. The smallest absolute Gasteiger partial charge is 0.252 e. The van der Waals surface area contributed by atoms with Gasteiger partial charge < -0.3 is 10.2 Å². The zero-order valence-electron chi connectivity index (χ0n) is 10.8. The Hall–Kier alpha value is -1.36. The molecule has 2 amide bonds. The van der Waals surface area contributed by atoms with E-state index in [-0.39, 0.29) is 11.8 Å². The van der Waals surface area contributed by atoms with E-state index in [2.05, 4.69) is 21.2 Å². The molecule has 98 valence electrons. The summed E-state index contributed by atoms with van der Waals surface area (Å²) >= 11 is 3.34. The van der Waals surface area contributed by atoms with E-state index < -0.39 is 0 Å². The monoisotopic (exact) mass is 312 g/mol. The maximum atomic E-state index is 11.9. The van der Waals surface area contributed by atoms with Crippen molar-refractivity contribution in [2.75, 3.05) is 20.6 Å². The third-order valence-electron chi connectivity index (χ3n) is 2.49. The summed E-state index contributed by atoms with van der Waals surface area (Å²) in [6.45, 7) is 2.27. The van der Waals surface area contributed by atoms with Gasteiger partial charge in [-0.1, -0.05) is 11.6 Å². The molecule has 0 aromatic heterocycles. The predicted molar refractivity (Wildman–Crippen MR) is 74.5 cm³/mol. The van der Waals surface area contributed by atoms with E-state index in [1.165, 1.54) is 4.90 Å². The van der Waals surface area contributed by atoms with Crippen LogP contribution in [-0.4, -0.2) is 37.4 Å². The van der Waals surface area contributed by atoms with Crippen molar-refractivity contribution in [1.82, 2.24) is 10.2 Å². The van der Waals surface area contributed by atoms with Crippen molar-refractivity contribution in [2.24, 2.45) is 0 Å². The highest BCUT2D eigenvalue weighted by Crippen LogP contribution is 2.17. The Morgan fingerprint density at radius 1 is 1.33 bits per heavy atom. The molecule has 0 saturated carbocycles. The number of hydrogen-bond acceptors (Lipinski definition) is 2. The molecule has 0 aliphatic rings. The van der Waals surface area contributed by atoms with Gasteiger partial charge in [-0.2, -0.15) is 0 Å². The third kappa shape index (κ3) is 4.14. The van der Waals surface area contributed by atoms with Gasteiger partial charge in [-0.25, -0.2) is 0 Å². The number of hydrogen-bond donors (Lipinski definition) is 1. The van der Waals surface area contributed by atoms with Crippen molar-refractivity contribution in [3.63, 3.8) is 0 Å². The Balaban J connectivity index is 2.56. The Morgan fingerprint density at radius 2 is 2.00 bits per heavy atom. The molecular weight excluding hydrogens is 296 g/mol. The van der Waals surface area contributed by atoms with Crippen LogP contribution in [0.1, 0.15) is 22.3 Å². The Kier molecular flexibility index (Phi) is 5.34. The summed E-state index contributed by atoms with van der Waals surface area (Å²) in [5, 5.41) is 2.74. The standard InChI is InChI=1S/C13H17BrN2O2/c1-9-4-5-11(14)10(8-9)13(18)15-7-6-12(17)16(2)3/h4-5,8H,6-7H2,1-3H3,(H,15,18). The van der Waals surface area contributed by atoms with Crippen molar-refractivity contribution < 1.29 is 9.59 Å². The van der Waals surface area contributed by atoms with Gasteiger partial charge in [-0.15, -0.1) is 0 Å². The van der Waals surface area contributed by atoms with Crippen molar-refractivity contribution in [3.8, 4) is 0 Å². The molecule has 0 aliphatic carbocycles. The summed E-state index contributed by atoms with van der Waals surface area (Å²) in [5.74, 6) is -0.171. The van der Waals surface area contributed by atoms with Gasteiger partial charge in [0.1, 0.15) is 0 Å². The lowest BCUT2D eigenvalue weighted by Gasteiger charge is -2.11. The molecule has 0 radical (unpaired) electrons. The molecular formula is C13H17BrN2O2. The Bertz CT molecular complexity index is 458. The van der Waals surface area contributed by atoms with Crippen LogP contribution in [0.5, 0.6) is 0 Å². The van der Waals surface area contributed by atoms with Crippen molar-refractivity contribution in [1.29, 1.82) is 0 Å². The summed E-state index contributed by atoms with van der Waals surface area (Å²) < 4.78 is 0.754. The molecule has 1 N–H and O–H groups in total. The van der Waals surface area contributed by atoms with E-state index in [1.54, 1.807) is 14.1 Å². The molecule has 0 fully saturated rings. The first-order valence-electron chi connectivity index (χ1n) is 5.66. The van der Waals surface area contributed by atoms with Gasteiger partial charge in [-0.05, 0) is 35.0 Å². The number of nitrogens with zero attached hydrogens (tertiary/aromatic N) is 1. The summed E-state index contributed by atoms with van der Waals surface area (Å²) in [7, 11) is 3.39. The summed E-state index contributed by atoms with van der Waals surface area (Å²) in [5.41, 5.74) is 1.61. The third-order valence-corrected chi connectivity index (χ3v) is 3.18. The predicted octanol–water partition coefficient (Wildman–Crippen LogP) is 1.97. The lowest BCUT2D eigenvalue weighted by molar-refractivity contribution is -0.128. The van der Waals surface area contributed by atoms with Crippen molar-refractivity contribution >= 4 is 27.7 Å². The van der Waals surface area contributed by atoms with Crippen LogP contribution >= 0.6 is 15.9 Å². The largest absolute Gasteiger partial charge is 0.351 e. The highest BCUT2D eigenvalue weighted by molar-refractivity contribution is 9.10. The molecule has 1 aromatic rings. The molecule has 1 aromatic carbocycles. The van der Waals surface area contributed by atoms with E-state index in [0.29, 0.717) is 18.5 Å². The van der Waals surface area contributed by atoms with Crippen LogP contribution in [0.3, 0.4) is 0 Å². The van der Waals surface area contributed by atoms with Gasteiger partial charge in [0, 0.05) is 31.5 Å². The first-order valence-corrected chi connectivity index (χ1v) is 6.45. The minimum atomic E-state index is -0.169. The second kappa shape index (κ2) is 6.54. The van der Waals surface area contributed by atoms with Crippen LogP contribution in [0.25, 0.3) is 0 Å². The zero-order chi connectivity index (χ0) is 13.7. The second-order valence-electron chi connectivity index (χ2n) is 4.28. The van der Waals surface area contributed by atoms with Crippen LogP contribution < -0.4 is 5.32 Å². The molecule has 4 nitrogen and oxygen atoms in total. The number of carbonyl (C=O) groups excluding carboxylic acids is 2. The number of benzene rings is 1. The molecule has 0 unspecified atom stereocenters. The van der Waals surface area contributed by atoms with Crippen LogP contribution in [-0.2, 0) is 4.79 Å². The van der Waals surface area contributed by atoms with Gasteiger partial charge in [0.25, 0.3) is 5.91 Å². The Morgan fingerprint density at radius 3 is 2.61 bits per heavy atom. The van der Waals surface area contributed by atoms with Crippen LogP contribution in [0.15, 0.2) is 22.7 Å². The molecule has 1 rings (SSSR count). The van der Waals surface area contributed by atoms with Gasteiger partial charge in [-0.3, -0.25) is 9.59 Å². The topological polar surface area (TPSA) is 49.4 Å². The zero-order valence-corrected chi connectivity index (χ0v) is 12.4. The number of amides is 2. The fraction of sp³-hybridized carbons (Fsp3) is 0.385. The molecule has 18 heavy (non-hydrogen) atoms. The van der Waals surface area contributed by atoms with Crippen LogP contribution in [0.2, 0.25) is 0 Å². The van der Waals surface area contributed by atoms with E-state index in [0.717, 1.165) is 10.0 Å². The van der Waals surface area contributed by atoms with Crippen molar-refractivity contribution in [2.45, 2.75) is 13.3 Å². The van der Waals surface area contributed by atoms with Gasteiger partial charge in [0.15, 0.2) is 0 Å². The minimum Gasteiger partial charge on any atom is -0.351 e. The molecule has 5 heteroatoms. The molecule has 0 heterocycles. The highest BCUT2D eigenvalue weighted by Gasteiger charge is 2.10. The number of nitrogens with one attached hydrogen (secondary N) is 1.